The maximum Gasteiger partial charge on any atom is 0.120 e. The Kier molecular flexibility index (Phi) is 6.35. The lowest BCUT2D eigenvalue weighted by molar-refractivity contribution is 0.131. The summed E-state index contributed by atoms with van der Waals surface area (Å²) in [5.74, 6) is 2.75. The van der Waals surface area contributed by atoms with E-state index < -0.39 is 0 Å². The minimum absolute atomic E-state index is 0.113. The molecule has 0 saturated heterocycles. The fourth-order valence-corrected chi connectivity index (χ4v) is 3.63. The highest BCUT2D eigenvalue weighted by Gasteiger charge is 2.22. The number of hydrogen-bond acceptors (Lipinski definition) is 1. The number of hydrogen-bond donors (Lipinski definition) is 0. The van der Waals surface area contributed by atoms with Crippen molar-refractivity contribution in [1.29, 1.82) is 0 Å². The van der Waals surface area contributed by atoms with Crippen molar-refractivity contribution in [3.63, 3.8) is 0 Å². The molecule has 1 nitrogen and oxygen atoms in total. The summed E-state index contributed by atoms with van der Waals surface area (Å²) in [6.45, 7) is 8.59. The fraction of sp³-hybridized carbons (Fsp3) is 0.714. The minimum atomic E-state index is -0.113. The van der Waals surface area contributed by atoms with Crippen LogP contribution in [0.15, 0.2) is 24.3 Å². The Bertz CT molecular complexity index is 418. The summed E-state index contributed by atoms with van der Waals surface area (Å²) in [6.07, 6.45) is 11.2. The summed E-state index contributed by atoms with van der Waals surface area (Å²) in [6, 6.07) is 8.86. The van der Waals surface area contributed by atoms with E-state index in [0.29, 0.717) is 0 Å². The zero-order chi connectivity index (χ0) is 16.0. The molecule has 0 aliphatic heterocycles. The lowest BCUT2D eigenvalue weighted by Gasteiger charge is -2.29. The molecule has 1 fully saturated rings. The summed E-state index contributed by atoms with van der Waals surface area (Å²) in [5, 5.41) is 0. The number of ether oxygens (including phenoxy) is 1. The SMILES string of the molecule is CCCCCC1CCC(c2ccc(OC(C)(C)C)cc2)CC1. The maximum absolute atomic E-state index is 5.92. The fourth-order valence-electron chi connectivity index (χ4n) is 3.63. The molecule has 0 bridgehead atoms. The Hall–Kier alpha value is -0.980. The Balaban J connectivity index is 1.81. The molecule has 1 aliphatic rings. The van der Waals surface area contributed by atoms with Crippen LogP contribution < -0.4 is 4.74 Å². The maximum atomic E-state index is 5.92. The first-order valence-corrected chi connectivity index (χ1v) is 9.27. The highest BCUT2D eigenvalue weighted by Crippen LogP contribution is 2.38. The number of unbranched alkanes of at least 4 members (excludes halogenated alkanes) is 2. The van der Waals surface area contributed by atoms with Crippen molar-refractivity contribution in [2.45, 2.75) is 90.6 Å². The summed E-state index contributed by atoms with van der Waals surface area (Å²) >= 11 is 0. The molecule has 0 spiro atoms. The lowest BCUT2D eigenvalue weighted by Crippen LogP contribution is -2.22. The van der Waals surface area contributed by atoms with Gasteiger partial charge in [-0.05, 0) is 76.0 Å². The highest BCUT2D eigenvalue weighted by molar-refractivity contribution is 5.30. The summed E-state index contributed by atoms with van der Waals surface area (Å²) in [7, 11) is 0. The third kappa shape index (κ3) is 5.66. The van der Waals surface area contributed by atoms with E-state index in [2.05, 4.69) is 52.0 Å². The zero-order valence-corrected chi connectivity index (χ0v) is 15.0. The van der Waals surface area contributed by atoms with Gasteiger partial charge in [0.25, 0.3) is 0 Å². The van der Waals surface area contributed by atoms with E-state index >= 15 is 0 Å². The molecule has 1 heteroatoms. The first kappa shape index (κ1) is 17.4. The smallest absolute Gasteiger partial charge is 0.120 e. The Morgan fingerprint density at radius 3 is 2.14 bits per heavy atom. The molecule has 1 aromatic rings. The van der Waals surface area contributed by atoms with Gasteiger partial charge in [0.05, 0.1) is 0 Å². The first-order chi connectivity index (χ1) is 10.5. The largest absolute Gasteiger partial charge is 0.488 e. The van der Waals surface area contributed by atoms with Crippen LogP contribution in [0.4, 0.5) is 0 Å². The van der Waals surface area contributed by atoms with Crippen LogP contribution in [0, 0.1) is 5.92 Å². The van der Waals surface area contributed by atoms with Crippen molar-refractivity contribution in [2.75, 3.05) is 0 Å². The van der Waals surface area contributed by atoms with E-state index in [-0.39, 0.29) is 5.60 Å². The average molecular weight is 303 g/mol. The molecular formula is C21H34O. The molecule has 0 aromatic heterocycles. The van der Waals surface area contributed by atoms with Crippen LogP contribution in [0.2, 0.25) is 0 Å². The van der Waals surface area contributed by atoms with Crippen LogP contribution in [0.3, 0.4) is 0 Å². The summed E-state index contributed by atoms with van der Waals surface area (Å²) < 4.78 is 5.92. The molecule has 1 aliphatic carbocycles. The average Bonchev–Trinajstić information content (AvgIpc) is 2.48. The predicted octanol–water partition coefficient (Wildman–Crippen LogP) is 6.72. The molecule has 0 N–H and O–H groups in total. The summed E-state index contributed by atoms with van der Waals surface area (Å²) in [4.78, 5) is 0. The van der Waals surface area contributed by atoms with Gasteiger partial charge in [-0.25, -0.2) is 0 Å². The van der Waals surface area contributed by atoms with Crippen LogP contribution in [-0.2, 0) is 0 Å². The van der Waals surface area contributed by atoms with E-state index in [1.165, 1.54) is 56.9 Å². The van der Waals surface area contributed by atoms with Gasteiger partial charge in [0, 0.05) is 0 Å². The molecule has 124 valence electrons. The Morgan fingerprint density at radius 2 is 1.59 bits per heavy atom. The van der Waals surface area contributed by atoms with Gasteiger partial charge >= 0.3 is 0 Å². The second-order valence-electron chi connectivity index (χ2n) is 8.00. The number of benzene rings is 1. The normalized spacial score (nSPS) is 22.5. The van der Waals surface area contributed by atoms with Crippen LogP contribution in [-0.4, -0.2) is 5.60 Å². The molecule has 0 unspecified atom stereocenters. The second kappa shape index (κ2) is 8.04. The van der Waals surface area contributed by atoms with Gasteiger partial charge in [0.15, 0.2) is 0 Å². The van der Waals surface area contributed by atoms with Crippen LogP contribution in [0.25, 0.3) is 0 Å². The van der Waals surface area contributed by atoms with Gasteiger partial charge in [0.2, 0.25) is 0 Å². The molecular weight excluding hydrogens is 268 g/mol. The highest BCUT2D eigenvalue weighted by atomic mass is 16.5. The zero-order valence-electron chi connectivity index (χ0n) is 15.0. The number of rotatable bonds is 6. The van der Waals surface area contributed by atoms with Gasteiger partial charge < -0.3 is 4.74 Å². The van der Waals surface area contributed by atoms with Crippen molar-refractivity contribution in [3.05, 3.63) is 29.8 Å². The van der Waals surface area contributed by atoms with E-state index in [1.807, 2.05) is 0 Å². The van der Waals surface area contributed by atoms with Gasteiger partial charge in [-0.1, -0.05) is 44.7 Å². The third-order valence-electron chi connectivity index (χ3n) is 4.84. The minimum Gasteiger partial charge on any atom is -0.488 e. The van der Waals surface area contributed by atoms with Crippen LogP contribution >= 0.6 is 0 Å². The standard InChI is InChI=1S/C21H34O/c1-5-6-7-8-17-9-11-18(12-10-17)19-13-15-20(16-14-19)22-21(2,3)4/h13-18H,5-12H2,1-4H3. The monoisotopic (exact) mass is 302 g/mol. The topological polar surface area (TPSA) is 9.23 Å². The molecule has 0 heterocycles. The molecule has 0 radical (unpaired) electrons. The van der Waals surface area contributed by atoms with E-state index in [9.17, 15) is 0 Å². The van der Waals surface area contributed by atoms with Gasteiger partial charge in [-0.3, -0.25) is 0 Å². The molecule has 1 saturated carbocycles. The lowest BCUT2D eigenvalue weighted by atomic mass is 9.77. The molecule has 2 rings (SSSR count). The van der Waals surface area contributed by atoms with Crippen molar-refractivity contribution in [3.8, 4) is 5.75 Å². The van der Waals surface area contributed by atoms with Crippen molar-refractivity contribution in [1.82, 2.24) is 0 Å². The second-order valence-corrected chi connectivity index (χ2v) is 8.00. The van der Waals surface area contributed by atoms with Gasteiger partial charge in [-0.2, -0.15) is 0 Å². The van der Waals surface area contributed by atoms with E-state index in [1.54, 1.807) is 0 Å². The van der Waals surface area contributed by atoms with Crippen LogP contribution in [0.1, 0.15) is 90.5 Å². The van der Waals surface area contributed by atoms with Gasteiger partial charge in [-0.15, -0.1) is 0 Å². The van der Waals surface area contributed by atoms with Crippen molar-refractivity contribution in [2.24, 2.45) is 5.92 Å². The first-order valence-electron chi connectivity index (χ1n) is 9.27. The molecule has 0 amide bonds. The molecule has 22 heavy (non-hydrogen) atoms. The third-order valence-corrected chi connectivity index (χ3v) is 4.84. The molecule has 1 aromatic carbocycles. The Labute approximate surface area is 137 Å². The van der Waals surface area contributed by atoms with Crippen molar-refractivity contribution < 1.29 is 4.74 Å². The van der Waals surface area contributed by atoms with Crippen LogP contribution in [0.5, 0.6) is 5.75 Å². The summed E-state index contributed by atoms with van der Waals surface area (Å²) in [5.41, 5.74) is 1.39. The molecule has 0 atom stereocenters. The predicted molar refractivity (Wildman–Crippen MR) is 95.7 cm³/mol. The quantitative estimate of drug-likeness (QED) is 0.530. The van der Waals surface area contributed by atoms with E-state index in [0.717, 1.165) is 17.6 Å². The Morgan fingerprint density at radius 1 is 0.955 bits per heavy atom. The van der Waals surface area contributed by atoms with E-state index in [4.69, 9.17) is 4.74 Å². The van der Waals surface area contributed by atoms with Gasteiger partial charge in [0.1, 0.15) is 11.4 Å². The van der Waals surface area contributed by atoms with Crippen molar-refractivity contribution >= 4 is 0 Å².